The minimum Gasteiger partial charge on any atom is -0.322 e. The zero-order valence-electron chi connectivity index (χ0n) is 10.9. The molecule has 1 aliphatic carbocycles. The van der Waals surface area contributed by atoms with Gasteiger partial charge in [0.1, 0.15) is 5.82 Å². The van der Waals surface area contributed by atoms with Gasteiger partial charge < -0.3 is 4.98 Å². The number of hydrogen-bond acceptors (Lipinski definition) is 1. The Morgan fingerprint density at radius 1 is 1.10 bits per heavy atom. The molecule has 2 aromatic rings. The first-order valence-corrected chi connectivity index (χ1v) is 6.48. The third-order valence-corrected chi connectivity index (χ3v) is 3.68. The molecule has 3 rings (SSSR count). The standard InChI is InChI=1S/C15H11F4NO/c16-9-4-5-12(15(17,18)19)11(7-9)13-6-8-2-1-3-10(8)14(21)20-13/h4-7H,1-3H2,(H,20,21). The van der Waals surface area contributed by atoms with Gasteiger partial charge in [-0.1, -0.05) is 0 Å². The minimum atomic E-state index is -4.61. The molecule has 1 N–H and O–H groups in total. The van der Waals surface area contributed by atoms with Gasteiger partial charge in [0.2, 0.25) is 0 Å². The summed E-state index contributed by atoms with van der Waals surface area (Å²) in [5, 5.41) is 0. The van der Waals surface area contributed by atoms with Crippen LogP contribution in [0, 0.1) is 5.82 Å². The Hall–Kier alpha value is -2.11. The van der Waals surface area contributed by atoms with Crippen LogP contribution in [0.15, 0.2) is 29.1 Å². The monoisotopic (exact) mass is 297 g/mol. The highest BCUT2D eigenvalue weighted by atomic mass is 19.4. The number of aromatic amines is 1. The molecule has 0 unspecified atom stereocenters. The summed E-state index contributed by atoms with van der Waals surface area (Å²) in [7, 11) is 0. The van der Waals surface area contributed by atoms with Crippen molar-refractivity contribution in [3.63, 3.8) is 0 Å². The van der Waals surface area contributed by atoms with E-state index in [1.165, 1.54) is 6.07 Å². The lowest BCUT2D eigenvalue weighted by atomic mass is 10.0. The maximum atomic E-state index is 13.3. The first-order valence-electron chi connectivity index (χ1n) is 6.48. The summed E-state index contributed by atoms with van der Waals surface area (Å²) < 4.78 is 52.4. The zero-order chi connectivity index (χ0) is 15.2. The zero-order valence-corrected chi connectivity index (χ0v) is 10.9. The van der Waals surface area contributed by atoms with E-state index >= 15 is 0 Å². The molecule has 0 fully saturated rings. The summed E-state index contributed by atoms with van der Waals surface area (Å²) in [5.74, 6) is -0.778. The van der Waals surface area contributed by atoms with Crippen molar-refractivity contribution >= 4 is 0 Å². The van der Waals surface area contributed by atoms with Gasteiger partial charge in [0.05, 0.1) is 5.56 Å². The number of rotatable bonds is 1. The average Bonchev–Trinajstić information content (AvgIpc) is 2.86. The number of benzene rings is 1. The van der Waals surface area contributed by atoms with Crippen molar-refractivity contribution in [1.29, 1.82) is 0 Å². The molecule has 6 heteroatoms. The van der Waals surface area contributed by atoms with E-state index in [-0.39, 0.29) is 11.3 Å². The van der Waals surface area contributed by atoms with Gasteiger partial charge >= 0.3 is 6.18 Å². The number of H-pyrrole nitrogens is 1. The fourth-order valence-electron chi connectivity index (χ4n) is 2.73. The summed E-state index contributed by atoms with van der Waals surface area (Å²) in [6, 6.07) is 3.77. The van der Waals surface area contributed by atoms with Crippen LogP contribution >= 0.6 is 0 Å². The molecule has 0 aliphatic heterocycles. The number of nitrogens with one attached hydrogen (secondary N) is 1. The lowest BCUT2D eigenvalue weighted by molar-refractivity contribution is -0.137. The molecule has 1 heterocycles. The highest BCUT2D eigenvalue weighted by Gasteiger charge is 2.34. The van der Waals surface area contributed by atoms with E-state index in [0.717, 1.165) is 24.1 Å². The maximum Gasteiger partial charge on any atom is 0.417 e. The Balaban J connectivity index is 2.24. The molecule has 2 nitrogen and oxygen atoms in total. The Labute approximate surface area is 117 Å². The van der Waals surface area contributed by atoms with Crippen LogP contribution < -0.4 is 5.56 Å². The Kier molecular flexibility index (Phi) is 3.11. The fourth-order valence-corrected chi connectivity index (χ4v) is 2.73. The van der Waals surface area contributed by atoms with Crippen LogP contribution in [0.25, 0.3) is 11.3 Å². The molecule has 21 heavy (non-hydrogen) atoms. The highest BCUT2D eigenvalue weighted by Crippen LogP contribution is 2.37. The second-order valence-corrected chi connectivity index (χ2v) is 5.06. The summed E-state index contributed by atoms with van der Waals surface area (Å²) in [4.78, 5) is 14.4. The predicted octanol–water partition coefficient (Wildman–Crippen LogP) is 3.69. The molecule has 0 radical (unpaired) electrons. The van der Waals surface area contributed by atoms with Crippen LogP contribution in [0.5, 0.6) is 0 Å². The van der Waals surface area contributed by atoms with Crippen molar-refractivity contribution in [2.24, 2.45) is 0 Å². The topological polar surface area (TPSA) is 32.9 Å². The lowest BCUT2D eigenvalue weighted by Gasteiger charge is -2.13. The molecule has 0 atom stereocenters. The molecule has 1 aromatic heterocycles. The second kappa shape index (κ2) is 4.72. The molecule has 0 amide bonds. The normalized spacial score (nSPS) is 14.3. The predicted molar refractivity (Wildman–Crippen MR) is 69.5 cm³/mol. The number of aromatic nitrogens is 1. The molecule has 1 aliphatic rings. The van der Waals surface area contributed by atoms with E-state index in [1.54, 1.807) is 0 Å². The van der Waals surface area contributed by atoms with Crippen molar-refractivity contribution in [1.82, 2.24) is 4.98 Å². The fraction of sp³-hybridized carbons (Fsp3) is 0.267. The van der Waals surface area contributed by atoms with Crippen molar-refractivity contribution in [3.8, 4) is 11.3 Å². The summed E-state index contributed by atoms with van der Waals surface area (Å²) in [6.45, 7) is 0. The average molecular weight is 297 g/mol. The number of alkyl halides is 3. The van der Waals surface area contributed by atoms with Crippen LogP contribution in [-0.4, -0.2) is 4.98 Å². The lowest BCUT2D eigenvalue weighted by Crippen LogP contribution is -2.15. The van der Waals surface area contributed by atoms with E-state index in [2.05, 4.69) is 4.98 Å². The van der Waals surface area contributed by atoms with Crippen LogP contribution in [-0.2, 0) is 19.0 Å². The van der Waals surface area contributed by atoms with E-state index in [1.807, 2.05) is 0 Å². The number of pyridine rings is 1. The smallest absolute Gasteiger partial charge is 0.322 e. The van der Waals surface area contributed by atoms with E-state index in [9.17, 15) is 22.4 Å². The largest absolute Gasteiger partial charge is 0.417 e. The molecular weight excluding hydrogens is 286 g/mol. The molecule has 0 spiro atoms. The second-order valence-electron chi connectivity index (χ2n) is 5.06. The summed E-state index contributed by atoms with van der Waals surface area (Å²) in [6.07, 6.45) is -2.53. The van der Waals surface area contributed by atoms with Crippen molar-refractivity contribution in [3.05, 3.63) is 57.1 Å². The van der Waals surface area contributed by atoms with Crippen LogP contribution in [0.4, 0.5) is 17.6 Å². The Bertz CT molecular complexity index is 761. The van der Waals surface area contributed by atoms with E-state index in [0.29, 0.717) is 24.5 Å². The Morgan fingerprint density at radius 2 is 1.86 bits per heavy atom. The number of halogens is 4. The number of hydrogen-bond donors (Lipinski definition) is 1. The van der Waals surface area contributed by atoms with Gasteiger partial charge in [-0.15, -0.1) is 0 Å². The van der Waals surface area contributed by atoms with Crippen molar-refractivity contribution in [2.75, 3.05) is 0 Å². The molecule has 0 bridgehead atoms. The molecule has 0 saturated heterocycles. The SMILES string of the molecule is O=c1[nH]c(-c2cc(F)ccc2C(F)(F)F)cc2c1CCC2. The van der Waals surface area contributed by atoms with Gasteiger partial charge in [-0.3, -0.25) is 4.79 Å². The summed E-state index contributed by atoms with van der Waals surface area (Å²) in [5.41, 5.74) is -0.327. The molecule has 110 valence electrons. The number of fused-ring (bicyclic) bond motifs is 1. The van der Waals surface area contributed by atoms with Gasteiger partial charge in [0.25, 0.3) is 5.56 Å². The van der Waals surface area contributed by atoms with Gasteiger partial charge in [0, 0.05) is 16.8 Å². The first kappa shape index (κ1) is 13.9. The third-order valence-electron chi connectivity index (χ3n) is 3.68. The first-order chi connectivity index (χ1) is 9.86. The van der Waals surface area contributed by atoms with E-state index < -0.39 is 23.1 Å². The molecule has 1 aromatic carbocycles. The summed E-state index contributed by atoms with van der Waals surface area (Å²) >= 11 is 0. The third kappa shape index (κ3) is 2.46. The van der Waals surface area contributed by atoms with Crippen LogP contribution in [0.3, 0.4) is 0 Å². The van der Waals surface area contributed by atoms with Gasteiger partial charge in [-0.2, -0.15) is 13.2 Å². The van der Waals surface area contributed by atoms with Gasteiger partial charge in [-0.05, 0) is 49.1 Å². The minimum absolute atomic E-state index is 0.00692. The maximum absolute atomic E-state index is 13.3. The van der Waals surface area contributed by atoms with Crippen LogP contribution in [0.2, 0.25) is 0 Å². The van der Waals surface area contributed by atoms with Gasteiger partial charge in [0.15, 0.2) is 0 Å². The van der Waals surface area contributed by atoms with Gasteiger partial charge in [-0.25, -0.2) is 4.39 Å². The molecular formula is C15H11F4NO. The van der Waals surface area contributed by atoms with E-state index in [4.69, 9.17) is 0 Å². The van der Waals surface area contributed by atoms with Crippen molar-refractivity contribution < 1.29 is 17.6 Å². The highest BCUT2D eigenvalue weighted by molar-refractivity contribution is 5.65. The van der Waals surface area contributed by atoms with Crippen molar-refractivity contribution in [2.45, 2.75) is 25.4 Å². The Morgan fingerprint density at radius 3 is 2.57 bits per heavy atom. The quantitative estimate of drug-likeness (QED) is 0.800. The number of aryl methyl sites for hydroxylation is 1. The molecule has 0 saturated carbocycles. The van der Waals surface area contributed by atoms with Crippen LogP contribution in [0.1, 0.15) is 23.1 Å².